The van der Waals surface area contributed by atoms with Gasteiger partial charge in [0.1, 0.15) is 5.75 Å². The Hall–Kier alpha value is -1.06. The van der Waals surface area contributed by atoms with Crippen molar-refractivity contribution in [3.63, 3.8) is 0 Å². The van der Waals surface area contributed by atoms with Crippen molar-refractivity contribution in [2.75, 3.05) is 13.7 Å². The fourth-order valence-electron chi connectivity index (χ4n) is 3.68. The average Bonchev–Trinajstić information content (AvgIpc) is 3.13. The largest absolute Gasteiger partial charge is 0.493 e. The van der Waals surface area contributed by atoms with Crippen molar-refractivity contribution in [1.29, 1.82) is 0 Å². The first-order chi connectivity index (χ1) is 9.73. The molecule has 1 fully saturated rings. The fraction of sp³-hybridized carbons (Fsp3) is 0.647. The van der Waals surface area contributed by atoms with Crippen LogP contribution in [0.3, 0.4) is 0 Å². The van der Waals surface area contributed by atoms with Crippen LogP contribution >= 0.6 is 0 Å². The van der Waals surface area contributed by atoms with Crippen molar-refractivity contribution in [3.05, 3.63) is 29.3 Å². The van der Waals surface area contributed by atoms with Crippen LogP contribution in [-0.2, 0) is 17.6 Å². The molecule has 3 nitrogen and oxygen atoms in total. The van der Waals surface area contributed by atoms with Crippen LogP contribution in [0.25, 0.3) is 0 Å². The van der Waals surface area contributed by atoms with Crippen LogP contribution in [0.5, 0.6) is 5.75 Å². The minimum Gasteiger partial charge on any atom is -0.493 e. The Morgan fingerprint density at radius 1 is 1.35 bits per heavy atom. The smallest absolute Gasteiger partial charge is 0.122 e. The van der Waals surface area contributed by atoms with Gasteiger partial charge in [0.05, 0.1) is 12.2 Å². The first kappa shape index (κ1) is 13.9. The molecule has 2 N–H and O–H groups in total. The summed E-state index contributed by atoms with van der Waals surface area (Å²) in [6.45, 7) is 0.824. The van der Waals surface area contributed by atoms with Gasteiger partial charge in [-0.05, 0) is 42.9 Å². The zero-order valence-electron chi connectivity index (χ0n) is 12.4. The molecule has 0 amide bonds. The molecule has 1 saturated carbocycles. The molecule has 0 bridgehead atoms. The summed E-state index contributed by atoms with van der Waals surface area (Å²) >= 11 is 0. The Balaban J connectivity index is 1.61. The molecule has 2 aliphatic rings. The van der Waals surface area contributed by atoms with Gasteiger partial charge in [0, 0.05) is 19.6 Å². The van der Waals surface area contributed by atoms with Crippen LogP contribution < -0.4 is 10.5 Å². The lowest BCUT2D eigenvalue weighted by Gasteiger charge is -2.34. The summed E-state index contributed by atoms with van der Waals surface area (Å²) in [5.41, 5.74) is 9.08. The van der Waals surface area contributed by atoms with Crippen LogP contribution in [0.15, 0.2) is 18.2 Å². The van der Waals surface area contributed by atoms with E-state index in [4.69, 9.17) is 15.2 Å². The summed E-state index contributed by atoms with van der Waals surface area (Å²) < 4.78 is 11.3. The van der Waals surface area contributed by atoms with Gasteiger partial charge >= 0.3 is 0 Å². The van der Waals surface area contributed by atoms with E-state index in [9.17, 15) is 0 Å². The minimum absolute atomic E-state index is 0.0696. The highest BCUT2D eigenvalue weighted by Gasteiger charge is 2.39. The second-order valence-corrected chi connectivity index (χ2v) is 6.16. The van der Waals surface area contributed by atoms with Gasteiger partial charge in [0.15, 0.2) is 0 Å². The van der Waals surface area contributed by atoms with Crippen molar-refractivity contribution in [3.8, 4) is 5.75 Å². The molecule has 0 spiro atoms. The van der Waals surface area contributed by atoms with Gasteiger partial charge in [-0.15, -0.1) is 0 Å². The summed E-state index contributed by atoms with van der Waals surface area (Å²) in [5, 5.41) is 0. The first-order valence-corrected chi connectivity index (χ1v) is 7.79. The standard InChI is InChI=1S/C17H25NO2/c1-19-17(9-2-3-10-17)16(18)7-5-13-4-6-15-14(12-13)8-11-20-15/h4,6,12,16H,2-3,5,7-11,18H2,1H3. The highest BCUT2D eigenvalue weighted by molar-refractivity contribution is 5.39. The van der Waals surface area contributed by atoms with Gasteiger partial charge in [0.25, 0.3) is 0 Å². The second kappa shape index (κ2) is 5.74. The normalized spacial score (nSPS) is 21.5. The molecule has 1 unspecified atom stereocenters. The zero-order chi connectivity index (χ0) is 14.0. The Kier molecular flexibility index (Phi) is 3.99. The van der Waals surface area contributed by atoms with E-state index in [0.717, 1.165) is 44.5 Å². The molecular formula is C17H25NO2. The van der Waals surface area contributed by atoms with E-state index in [2.05, 4.69) is 18.2 Å². The summed E-state index contributed by atoms with van der Waals surface area (Å²) in [4.78, 5) is 0. The molecular weight excluding hydrogens is 250 g/mol. The van der Waals surface area contributed by atoms with E-state index >= 15 is 0 Å². The molecule has 20 heavy (non-hydrogen) atoms. The highest BCUT2D eigenvalue weighted by atomic mass is 16.5. The molecule has 3 heteroatoms. The quantitative estimate of drug-likeness (QED) is 0.898. The van der Waals surface area contributed by atoms with E-state index in [-0.39, 0.29) is 11.6 Å². The maximum Gasteiger partial charge on any atom is 0.122 e. The van der Waals surface area contributed by atoms with Gasteiger partial charge in [-0.2, -0.15) is 0 Å². The molecule has 3 rings (SSSR count). The molecule has 1 atom stereocenters. The van der Waals surface area contributed by atoms with E-state index in [1.165, 1.54) is 24.0 Å². The van der Waals surface area contributed by atoms with Crippen molar-refractivity contribution >= 4 is 0 Å². The fourth-order valence-corrected chi connectivity index (χ4v) is 3.68. The van der Waals surface area contributed by atoms with E-state index in [1.54, 1.807) is 0 Å². The lowest BCUT2D eigenvalue weighted by molar-refractivity contribution is -0.0273. The number of methoxy groups -OCH3 is 1. The Labute approximate surface area is 121 Å². The molecule has 0 aromatic heterocycles. The SMILES string of the molecule is COC1(C(N)CCc2ccc3c(c2)CCO3)CCCC1. The van der Waals surface area contributed by atoms with Crippen molar-refractivity contribution in [2.24, 2.45) is 5.73 Å². The third-order valence-electron chi connectivity index (χ3n) is 5.03. The summed E-state index contributed by atoms with van der Waals surface area (Å²) in [7, 11) is 1.82. The number of nitrogens with two attached hydrogens (primary N) is 1. The van der Waals surface area contributed by atoms with Crippen LogP contribution in [0, 0.1) is 0 Å². The predicted octanol–water partition coefficient (Wildman–Crippen LogP) is 2.84. The van der Waals surface area contributed by atoms with Gasteiger partial charge < -0.3 is 15.2 Å². The van der Waals surface area contributed by atoms with E-state index < -0.39 is 0 Å². The minimum atomic E-state index is -0.0696. The van der Waals surface area contributed by atoms with Crippen LogP contribution in [-0.4, -0.2) is 25.4 Å². The van der Waals surface area contributed by atoms with Crippen LogP contribution in [0.2, 0.25) is 0 Å². The number of fused-ring (bicyclic) bond motifs is 1. The van der Waals surface area contributed by atoms with Crippen LogP contribution in [0.4, 0.5) is 0 Å². The molecule has 110 valence electrons. The topological polar surface area (TPSA) is 44.5 Å². The lowest BCUT2D eigenvalue weighted by atomic mass is 9.88. The maximum absolute atomic E-state index is 6.44. The lowest BCUT2D eigenvalue weighted by Crippen LogP contribution is -2.47. The van der Waals surface area contributed by atoms with Crippen LogP contribution in [0.1, 0.15) is 43.2 Å². The highest BCUT2D eigenvalue weighted by Crippen LogP contribution is 2.36. The molecule has 1 aliphatic heterocycles. The monoisotopic (exact) mass is 275 g/mol. The molecule has 1 aromatic carbocycles. The molecule has 1 heterocycles. The summed E-state index contributed by atoms with van der Waals surface area (Å²) in [6.07, 6.45) is 7.78. The Morgan fingerprint density at radius 3 is 2.90 bits per heavy atom. The zero-order valence-corrected chi connectivity index (χ0v) is 12.4. The number of aryl methyl sites for hydroxylation is 1. The average molecular weight is 275 g/mol. The second-order valence-electron chi connectivity index (χ2n) is 6.16. The molecule has 1 aliphatic carbocycles. The Morgan fingerprint density at radius 2 is 2.15 bits per heavy atom. The van der Waals surface area contributed by atoms with Gasteiger partial charge in [-0.25, -0.2) is 0 Å². The third-order valence-corrected chi connectivity index (χ3v) is 5.03. The molecule has 0 radical (unpaired) electrons. The molecule has 1 aromatic rings. The number of hydrogen-bond acceptors (Lipinski definition) is 3. The number of hydrogen-bond donors (Lipinski definition) is 1. The van der Waals surface area contributed by atoms with Crippen molar-refractivity contribution in [2.45, 2.75) is 56.6 Å². The predicted molar refractivity (Wildman–Crippen MR) is 80.1 cm³/mol. The summed E-state index contributed by atoms with van der Waals surface area (Å²) in [6, 6.07) is 6.69. The van der Waals surface area contributed by atoms with E-state index in [0.29, 0.717) is 0 Å². The number of benzene rings is 1. The van der Waals surface area contributed by atoms with Gasteiger partial charge in [-0.1, -0.05) is 25.0 Å². The van der Waals surface area contributed by atoms with Crippen molar-refractivity contribution in [1.82, 2.24) is 0 Å². The number of ether oxygens (including phenoxy) is 2. The van der Waals surface area contributed by atoms with Crippen molar-refractivity contribution < 1.29 is 9.47 Å². The van der Waals surface area contributed by atoms with Gasteiger partial charge in [-0.3, -0.25) is 0 Å². The third kappa shape index (κ3) is 2.57. The summed E-state index contributed by atoms with van der Waals surface area (Å²) in [5.74, 6) is 1.06. The van der Waals surface area contributed by atoms with Gasteiger partial charge in [0.2, 0.25) is 0 Å². The molecule has 0 saturated heterocycles. The Bertz CT molecular complexity index is 466. The number of rotatable bonds is 5. The first-order valence-electron chi connectivity index (χ1n) is 7.79. The maximum atomic E-state index is 6.44. The van der Waals surface area contributed by atoms with E-state index in [1.807, 2.05) is 7.11 Å².